The lowest BCUT2D eigenvalue weighted by atomic mass is 10.2. The Kier molecular flexibility index (Phi) is 4.01. The van der Waals surface area contributed by atoms with Gasteiger partial charge in [0, 0.05) is 39.4 Å². The van der Waals surface area contributed by atoms with E-state index >= 15 is 0 Å². The first-order valence-electron chi connectivity index (χ1n) is 7.35. The molecule has 3 heterocycles. The van der Waals surface area contributed by atoms with Crippen LogP contribution in [0.4, 0.5) is 0 Å². The number of nitrogens with zero attached hydrogens (tertiary/aromatic N) is 3. The van der Waals surface area contributed by atoms with Gasteiger partial charge in [-0.1, -0.05) is 0 Å². The minimum atomic E-state index is -0.531. The van der Waals surface area contributed by atoms with Crippen LogP contribution in [-0.2, 0) is 11.8 Å². The van der Waals surface area contributed by atoms with Crippen molar-refractivity contribution in [3.63, 3.8) is 0 Å². The molecule has 0 radical (unpaired) electrons. The van der Waals surface area contributed by atoms with Crippen LogP contribution in [0.2, 0.25) is 0 Å². The third-order valence-corrected chi connectivity index (χ3v) is 3.96. The van der Waals surface area contributed by atoms with E-state index in [4.69, 9.17) is 4.42 Å². The lowest BCUT2D eigenvalue weighted by Crippen LogP contribution is -2.52. The van der Waals surface area contributed by atoms with Crippen LogP contribution in [0.5, 0.6) is 0 Å². The number of amides is 2. The van der Waals surface area contributed by atoms with Gasteiger partial charge in [0.15, 0.2) is 5.76 Å². The number of rotatable bonds is 3. The quantitative estimate of drug-likeness (QED) is 0.620. The SMILES string of the molecule is Cn1cccc1C(=O)C(=O)N1CCN(C(=O)c2ccco2)CC1. The highest BCUT2D eigenvalue weighted by Gasteiger charge is 2.30. The van der Waals surface area contributed by atoms with Gasteiger partial charge in [0.25, 0.3) is 17.6 Å². The van der Waals surface area contributed by atoms with Crippen LogP contribution in [0.3, 0.4) is 0 Å². The van der Waals surface area contributed by atoms with Gasteiger partial charge in [0.05, 0.1) is 12.0 Å². The number of Topliss-reactive ketones (excluding diaryl/α,β-unsaturated/α-hetero) is 1. The molecule has 0 bridgehead atoms. The van der Waals surface area contributed by atoms with Gasteiger partial charge in [0.2, 0.25) is 0 Å². The van der Waals surface area contributed by atoms with Crippen LogP contribution in [0.1, 0.15) is 21.0 Å². The highest BCUT2D eigenvalue weighted by Crippen LogP contribution is 2.11. The van der Waals surface area contributed by atoms with Crippen molar-refractivity contribution in [3.05, 3.63) is 48.2 Å². The number of hydrogen-bond acceptors (Lipinski definition) is 4. The van der Waals surface area contributed by atoms with Crippen molar-refractivity contribution >= 4 is 17.6 Å². The third kappa shape index (κ3) is 2.90. The molecule has 0 aliphatic carbocycles. The molecule has 7 heteroatoms. The van der Waals surface area contributed by atoms with Crippen LogP contribution in [0, 0.1) is 0 Å². The Labute approximate surface area is 133 Å². The van der Waals surface area contributed by atoms with E-state index < -0.39 is 11.7 Å². The molecule has 0 aromatic carbocycles. The number of carbonyl (C=O) groups is 3. The summed E-state index contributed by atoms with van der Waals surface area (Å²) in [5.74, 6) is -0.972. The standard InChI is InChI=1S/C16H17N3O4/c1-17-6-2-4-12(17)14(20)16(22)19-9-7-18(8-10-19)15(21)13-5-3-11-23-13/h2-6,11H,7-10H2,1H3. The predicted molar refractivity (Wildman–Crippen MR) is 80.9 cm³/mol. The van der Waals surface area contributed by atoms with E-state index in [0.29, 0.717) is 31.9 Å². The zero-order valence-corrected chi connectivity index (χ0v) is 12.8. The topological polar surface area (TPSA) is 75.8 Å². The zero-order chi connectivity index (χ0) is 16.4. The van der Waals surface area contributed by atoms with Crippen molar-refractivity contribution in [2.24, 2.45) is 7.05 Å². The van der Waals surface area contributed by atoms with Crippen molar-refractivity contribution in [2.75, 3.05) is 26.2 Å². The molecule has 1 fully saturated rings. The summed E-state index contributed by atoms with van der Waals surface area (Å²) in [5.41, 5.74) is 0.365. The minimum Gasteiger partial charge on any atom is -0.459 e. The summed E-state index contributed by atoms with van der Waals surface area (Å²) in [6.45, 7) is 1.43. The Morgan fingerprint density at radius 1 is 1.00 bits per heavy atom. The van der Waals surface area contributed by atoms with Gasteiger partial charge in [-0.3, -0.25) is 14.4 Å². The second kappa shape index (κ2) is 6.12. The lowest BCUT2D eigenvalue weighted by Gasteiger charge is -2.33. The number of ketones is 1. The average molecular weight is 315 g/mol. The fourth-order valence-electron chi connectivity index (χ4n) is 2.62. The number of aryl methyl sites for hydroxylation is 1. The predicted octanol–water partition coefficient (Wildman–Crippen LogP) is 0.785. The number of hydrogen-bond donors (Lipinski definition) is 0. The van der Waals surface area contributed by atoms with Crippen molar-refractivity contribution in [3.8, 4) is 0 Å². The zero-order valence-electron chi connectivity index (χ0n) is 12.8. The van der Waals surface area contributed by atoms with Gasteiger partial charge >= 0.3 is 0 Å². The molecule has 0 spiro atoms. The largest absolute Gasteiger partial charge is 0.459 e. The van der Waals surface area contributed by atoms with E-state index in [1.54, 1.807) is 47.0 Å². The smallest absolute Gasteiger partial charge is 0.296 e. The van der Waals surface area contributed by atoms with E-state index in [1.807, 2.05) is 0 Å². The van der Waals surface area contributed by atoms with Gasteiger partial charge < -0.3 is 18.8 Å². The summed E-state index contributed by atoms with van der Waals surface area (Å²) in [5, 5.41) is 0. The van der Waals surface area contributed by atoms with Crippen LogP contribution in [0.25, 0.3) is 0 Å². The fourth-order valence-corrected chi connectivity index (χ4v) is 2.62. The van der Waals surface area contributed by atoms with Crippen LogP contribution in [0.15, 0.2) is 41.1 Å². The van der Waals surface area contributed by atoms with Crippen molar-refractivity contribution in [1.29, 1.82) is 0 Å². The molecule has 3 rings (SSSR count). The first kappa shape index (κ1) is 15.1. The maximum atomic E-state index is 12.3. The highest BCUT2D eigenvalue weighted by atomic mass is 16.3. The first-order chi connectivity index (χ1) is 11.1. The maximum Gasteiger partial charge on any atom is 0.296 e. The van der Waals surface area contributed by atoms with Gasteiger partial charge in [-0.05, 0) is 24.3 Å². The molecule has 0 unspecified atom stereocenters. The molecule has 0 N–H and O–H groups in total. The number of aromatic nitrogens is 1. The summed E-state index contributed by atoms with van der Waals surface area (Å²) in [6, 6.07) is 6.61. The van der Waals surface area contributed by atoms with Gasteiger partial charge in [-0.2, -0.15) is 0 Å². The molecule has 2 aromatic heterocycles. The maximum absolute atomic E-state index is 12.3. The average Bonchev–Trinajstić information content (AvgIpc) is 3.24. The van der Waals surface area contributed by atoms with Gasteiger partial charge in [-0.15, -0.1) is 0 Å². The number of furan rings is 1. The van der Waals surface area contributed by atoms with Crippen molar-refractivity contribution in [1.82, 2.24) is 14.4 Å². The summed E-state index contributed by atoms with van der Waals surface area (Å²) in [6.07, 6.45) is 3.17. The number of piperazine rings is 1. The Hall–Kier alpha value is -2.83. The van der Waals surface area contributed by atoms with E-state index in [0.717, 1.165) is 0 Å². The van der Waals surface area contributed by atoms with Crippen LogP contribution in [-0.4, -0.2) is 58.1 Å². The molecule has 0 saturated carbocycles. The minimum absolute atomic E-state index is 0.198. The highest BCUT2D eigenvalue weighted by molar-refractivity contribution is 6.42. The second-order valence-corrected chi connectivity index (χ2v) is 5.40. The molecule has 23 heavy (non-hydrogen) atoms. The molecule has 1 aliphatic rings. The Morgan fingerprint density at radius 3 is 2.26 bits per heavy atom. The summed E-state index contributed by atoms with van der Waals surface area (Å²) >= 11 is 0. The summed E-state index contributed by atoms with van der Waals surface area (Å²) in [7, 11) is 1.72. The Bertz CT molecular complexity index is 724. The van der Waals surface area contributed by atoms with Gasteiger partial charge in [0.1, 0.15) is 0 Å². The molecular formula is C16H17N3O4. The third-order valence-electron chi connectivity index (χ3n) is 3.96. The molecule has 0 atom stereocenters. The molecule has 7 nitrogen and oxygen atoms in total. The second-order valence-electron chi connectivity index (χ2n) is 5.40. The molecular weight excluding hydrogens is 298 g/mol. The first-order valence-corrected chi connectivity index (χ1v) is 7.35. The van der Waals surface area contributed by atoms with Crippen molar-refractivity contribution in [2.45, 2.75) is 0 Å². The molecule has 2 amide bonds. The van der Waals surface area contributed by atoms with E-state index in [2.05, 4.69) is 0 Å². The lowest BCUT2D eigenvalue weighted by molar-refractivity contribution is -0.127. The van der Waals surface area contributed by atoms with Crippen LogP contribution >= 0.6 is 0 Å². The fraction of sp³-hybridized carbons (Fsp3) is 0.312. The van der Waals surface area contributed by atoms with Gasteiger partial charge in [-0.25, -0.2) is 0 Å². The van der Waals surface area contributed by atoms with Crippen LogP contribution < -0.4 is 0 Å². The monoisotopic (exact) mass is 315 g/mol. The Morgan fingerprint density at radius 2 is 1.70 bits per heavy atom. The Balaban J connectivity index is 1.60. The normalized spacial score (nSPS) is 14.8. The molecule has 1 saturated heterocycles. The summed E-state index contributed by atoms with van der Waals surface area (Å²) < 4.78 is 6.72. The number of carbonyl (C=O) groups excluding carboxylic acids is 3. The van der Waals surface area contributed by atoms with E-state index in [1.165, 1.54) is 11.2 Å². The molecule has 120 valence electrons. The molecule has 1 aliphatic heterocycles. The summed E-state index contributed by atoms with van der Waals surface area (Å²) in [4.78, 5) is 39.8. The molecule has 2 aromatic rings. The van der Waals surface area contributed by atoms with E-state index in [-0.39, 0.29) is 11.7 Å². The van der Waals surface area contributed by atoms with E-state index in [9.17, 15) is 14.4 Å². The van der Waals surface area contributed by atoms with Crippen molar-refractivity contribution < 1.29 is 18.8 Å².